The number of benzene rings is 1. The monoisotopic (exact) mass is 541 g/mol. The zero-order chi connectivity index (χ0) is 27.2. The summed E-state index contributed by atoms with van der Waals surface area (Å²) in [5.74, 6) is -2.20. The van der Waals surface area contributed by atoms with Crippen LogP contribution in [-0.4, -0.2) is 63.4 Å². The first-order valence-electron chi connectivity index (χ1n) is 11.8. The highest BCUT2D eigenvalue weighted by Crippen LogP contribution is 2.32. The number of carboxylic acid groups (broad SMARTS) is 1. The summed E-state index contributed by atoms with van der Waals surface area (Å²) in [4.78, 5) is 50.4. The van der Waals surface area contributed by atoms with Gasteiger partial charge in [-0.3, -0.25) is 19.8 Å². The van der Waals surface area contributed by atoms with Crippen molar-refractivity contribution in [3.8, 4) is 0 Å². The van der Waals surface area contributed by atoms with Crippen LogP contribution in [0.3, 0.4) is 0 Å². The third kappa shape index (κ3) is 6.60. The van der Waals surface area contributed by atoms with Crippen molar-refractivity contribution in [3.63, 3.8) is 0 Å². The molecule has 198 valence electrons. The Balaban J connectivity index is 1.34. The van der Waals surface area contributed by atoms with Crippen LogP contribution in [0.2, 0.25) is 5.02 Å². The molecule has 0 aliphatic carbocycles. The lowest BCUT2D eigenvalue weighted by Crippen LogP contribution is -2.46. The highest BCUT2D eigenvalue weighted by Gasteiger charge is 2.38. The van der Waals surface area contributed by atoms with E-state index in [9.17, 15) is 18.8 Å². The van der Waals surface area contributed by atoms with Crippen LogP contribution in [-0.2, 0) is 20.9 Å². The van der Waals surface area contributed by atoms with E-state index in [1.165, 1.54) is 24.1 Å². The van der Waals surface area contributed by atoms with Gasteiger partial charge in [-0.25, -0.2) is 14.0 Å². The fourth-order valence-corrected chi connectivity index (χ4v) is 4.08. The number of ether oxygens (including phenoxy) is 1. The molecular weight excluding hydrogens is 517 g/mol. The number of aliphatic imine (C=N–C) groups is 1. The van der Waals surface area contributed by atoms with E-state index in [1.807, 2.05) is 12.1 Å². The van der Waals surface area contributed by atoms with Crippen molar-refractivity contribution in [2.75, 3.05) is 13.7 Å². The maximum absolute atomic E-state index is 13.7. The van der Waals surface area contributed by atoms with Crippen LogP contribution in [0.1, 0.15) is 36.6 Å². The van der Waals surface area contributed by atoms with Gasteiger partial charge in [-0.05, 0) is 36.6 Å². The van der Waals surface area contributed by atoms with E-state index in [0.29, 0.717) is 11.3 Å². The van der Waals surface area contributed by atoms with Crippen LogP contribution < -0.4 is 5.32 Å². The second kappa shape index (κ2) is 12.0. The van der Waals surface area contributed by atoms with Gasteiger partial charge >= 0.3 is 18.0 Å². The van der Waals surface area contributed by atoms with Gasteiger partial charge in [-0.15, -0.1) is 0 Å². The fraction of sp³-hybridized carbons (Fsp3) is 0.308. The van der Waals surface area contributed by atoms with Crippen molar-refractivity contribution in [1.29, 1.82) is 0 Å². The molecular formula is C26H25ClFN5O5. The number of urea groups is 1. The van der Waals surface area contributed by atoms with Gasteiger partial charge < -0.3 is 20.1 Å². The highest BCUT2D eigenvalue weighted by molar-refractivity contribution is 6.44. The Bertz CT molecular complexity index is 1400. The summed E-state index contributed by atoms with van der Waals surface area (Å²) in [5.41, 5.74) is 1.22. The van der Waals surface area contributed by atoms with Gasteiger partial charge in [-0.1, -0.05) is 23.7 Å². The topological polar surface area (TPSA) is 134 Å². The summed E-state index contributed by atoms with van der Waals surface area (Å²) in [7, 11) is 1.51. The molecule has 1 aliphatic heterocycles. The molecule has 2 aromatic heterocycles. The standard InChI is InChI=1S/C26H25ClFN5O5/c1-33(26(37)31-13-16-4-2-6-19(28)22(16)27)18(5-3-7-21(34)35)14-38-25(36)24-23(32-24)20-10-17-11-29-9-8-15(17)12-30-20/h2,4,6,8-12,18,23H,3,5,7,13-14H2,1H3,(H,31,37)(H,34,35)/t18-,23?/m0/s1. The molecule has 0 radical (unpaired) electrons. The zero-order valence-electron chi connectivity index (χ0n) is 20.4. The molecule has 2 atom stereocenters. The Hall–Kier alpha value is -4.12. The van der Waals surface area contributed by atoms with E-state index in [4.69, 9.17) is 21.4 Å². The Morgan fingerprint density at radius 3 is 2.84 bits per heavy atom. The van der Waals surface area contributed by atoms with Gasteiger partial charge in [-0.2, -0.15) is 0 Å². The Kier molecular flexibility index (Phi) is 8.47. The first-order valence-corrected chi connectivity index (χ1v) is 12.2. The van der Waals surface area contributed by atoms with Gasteiger partial charge in [0.15, 0.2) is 5.71 Å². The van der Waals surface area contributed by atoms with Crippen LogP contribution in [0.5, 0.6) is 0 Å². The van der Waals surface area contributed by atoms with Crippen molar-refractivity contribution < 1.29 is 28.6 Å². The number of nitrogens with one attached hydrogen (secondary N) is 1. The smallest absolute Gasteiger partial charge is 0.355 e. The number of carbonyl (C=O) groups is 3. The average molecular weight is 542 g/mol. The summed E-state index contributed by atoms with van der Waals surface area (Å²) in [6.45, 7) is -0.182. The van der Waals surface area contributed by atoms with E-state index >= 15 is 0 Å². The molecule has 0 saturated carbocycles. The van der Waals surface area contributed by atoms with E-state index in [-0.39, 0.29) is 43.1 Å². The largest absolute Gasteiger partial charge is 0.481 e. The van der Waals surface area contributed by atoms with Crippen molar-refractivity contribution in [3.05, 3.63) is 71.0 Å². The third-order valence-electron chi connectivity index (χ3n) is 6.16. The highest BCUT2D eigenvalue weighted by atomic mass is 35.5. The average Bonchev–Trinajstić information content (AvgIpc) is 3.71. The van der Waals surface area contributed by atoms with Crippen molar-refractivity contribution in [1.82, 2.24) is 20.2 Å². The lowest BCUT2D eigenvalue weighted by atomic mass is 10.1. The second-order valence-corrected chi connectivity index (χ2v) is 9.15. The minimum Gasteiger partial charge on any atom is -0.481 e. The van der Waals surface area contributed by atoms with Crippen molar-refractivity contribution in [2.45, 2.75) is 37.9 Å². The number of amides is 2. The number of nitrogens with zero attached hydrogens (tertiary/aromatic N) is 4. The van der Waals surface area contributed by atoms with E-state index in [2.05, 4.69) is 20.3 Å². The van der Waals surface area contributed by atoms with Gasteiger partial charge in [0.1, 0.15) is 18.5 Å². The molecule has 0 spiro atoms. The van der Waals surface area contributed by atoms with Crippen LogP contribution in [0, 0.1) is 5.82 Å². The normalized spacial score (nSPS) is 14.9. The van der Waals surface area contributed by atoms with Crippen molar-refractivity contribution >= 4 is 46.1 Å². The number of aromatic nitrogens is 2. The fourth-order valence-electron chi connectivity index (χ4n) is 3.89. The van der Waals surface area contributed by atoms with Crippen LogP contribution in [0.15, 0.2) is 53.9 Å². The molecule has 0 saturated heterocycles. The zero-order valence-corrected chi connectivity index (χ0v) is 21.2. The molecule has 1 unspecified atom stereocenters. The number of pyridine rings is 2. The number of hydrogen-bond donors (Lipinski definition) is 2. The predicted molar refractivity (Wildman–Crippen MR) is 137 cm³/mol. The molecule has 4 rings (SSSR count). The molecule has 3 aromatic rings. The van der Waals surface area contributed by atoms with E-state index in [1.54, 1.807) is 24.7 Å². The quantitative estimate of drug-likeness (QED) is 0.351. The van der Waals surface area contributed by atoms with Crippen LogP contribution in [0.4, 0.5) is 9.18 Å². The first-order chi connectivity index (χ1) is 18.2. The number of hydrogen-bond acceptors (Lipinski definition) is 7. The summed E-state index contributed by atoms with van der Waals surface area (Å²) < 4.78 is 19.1. The van der Waals surface area contributed by atoms with Gasteiger partial charge in [0.05, 0.1) is 16.8 Å². The molecule has 10 nitrogen and oxygen atoms in total. The van der Waals surface area contributed by atoms with Crippen LogP contribution >= 0.6 is 11.6 Å². The molecule has 1 aliphatic rings. The van der Waals surface area contributed by atoms with Gasteiger partial charge in [0.25, 0.3) is 0 Å². The minimum absolute atomic E-state index is 0.0197. The number of rotatable bonds is 11. The number of esters is 1. The summed E-state index contributed by atoms with van der Waals surface area (Å²) in [6, 6.07) is 6.31. The van der Waals surface area contributed by atoms with Crippen LogP contribution in [0.25, 0.3) is 10.8 Å². The lowest BCUT2D eigenvalue weighted by Gasteiger charge is -2.28. The Morgan fingerprint density at radius 2 is 2.05 bits per heavy atom. The SMILES string of the molecule is CN(C(=O)NCc1cccc(F)c1Cl)[C@@H](CCCC(=O)O)COC(=O)C1=NC1c1cc2cnccc2cn1. The van der Waals surface area contributed by atoms with Gasteiger partial charge in [0.2, 0.25) is 0 Å². The molecule has 38 heavy (non-hydrogen) atoms. The predicted octanol–water partition coefficient (Wildman–Crippen LogP) is 3.93. The molecule has 0 fully saturated rings. The maximum atomic E-state index is 13.7. The maximum Gasteiger partial charge on any atom is 0.355 e. The first kappa shape index (κ1) is 26.9. The summed E-state index contributed by atoms with van der Waals surface area (Å²) in [6.07, 6.45) is 5.50. The molecule has 1 aromatic carbocycles. The number of fused-ring (bicyclic) bond motifs is 1. The molecule has 3 heterocycles. The van der Waals surface area contributed by atoms with Crippen molar-refractivity contribution in [2.24, 2.45) is 4.99 Å². The minimum atomic E-state index is -0.971. The van der Waals surface area contributed by atoms with E-state index in [0.717, 1.165) is 10.8 Å². The van der Waals surface area contributed by atoms with E-state index < -0.39 is 35.9 Å². The third-order valence-corrected chi connectivity index (χ3v) is 6.58. The van der Waals surface area contributed by atoms with Gasteiger partial charge in [0, 0.05) is 49.4 Å². The summed E-state index contributed by atoms with van der Waals surface area (Å²) >= 11 is 5.95. The number of carbonyl (C=O) groups excluding carboxylic acids is 2. The molecule has 12 heteroatoms. The Labute approximate surface area is 222 Å². The lowest BCUT2D eigenvalue weighted by molar-refractivity contribution is -0.138. The number of halogens is 2. The second-order valence-electron chi connectivity index (χ2n) is 8.77. The molecule has 2 N–H and O–H groups in total. The summed E-state index contributed by atoms with van der Waals surface area (Å²) in [5, 5.41) is 13.3. The molecule has 2 amide bonds. The Morgan fingerprint density at radius 1 is 1.24 bits per heavy atom. The molecule has 0 bridgehead atoms. The number of carboxylic acids is 1. The number of aliphatic carboxylic acids is 1. The number of likely N-dealkylation sites (N-methyl/N-ethyl adjacent to an activating group) is 1.